The molecule has 2 heteroatoms. The van der Waals surface area contributed by atoms with E-state index in [0.717, 1.165) is 55.9 Å². The molecule has 1 heterocycles. The number of hydrogen-bond donors (Lipinski definition) is 0. The van der Waals surface area contributed by atoms with Crippen molar-refractivity contribution >= 4 is 0 Å². The molecule has 0 amide bonds. The second-order valence-electron chi connectivity index (χ2n) is 11.2. The third-order valence-corrected chi connectivity index (χ3v) is 8.19. The van der Waals surface area contributed by atoms with Gasteiger partial charge in [-0.1, -0.05) is 133 Å². The molecule has 0 fully saturated rings. The normalized spacial score (nSPS) is 11.0. The number of rotatable bonds is 6. The Kier molecular flexibility index (Phi) is 7.40. The van der Waals surface area contributed by atoms with Crippen LogP contribution < -0.4 is 0 Å². The Labute approximate surface area is 259 Å². The number of hydrogen-bond acceptors (Lipinski definition) is 2. The Bertz CT molecular complexity index is 2060. The van der Waals surface area contributed by atoms with Crippen LogP contribution in [0.5, 0.6) is 0 Å². The summed E-state index contributed by atoms with van der Waals surface area (Å²) in [5.74, 6) is 0.714. The fourth-order valence-electron chi connectivity index (χ4n) is 5.85. The summed E-state index contributed by atoms with van der Waals surface area (Å²) in [6, 6.07) is 55.5. The third kappa shape index (κ3) is 5.46. The number of aromatic nitrogens is 2. The maximum atomic E-state index is 5.28. The van der Waals surface area contributed by atoms with Crippen molar-refractivity contribution in [3.05, 3.63) is 169 Å². The molecular formula is C42H32N2. The van der Waals surface area contributed by atoms with Crippen LogP contribution >= 0.6 is 0 Å². The third-order valence-electron chi connectivity index (χ3n) is 8.19. The lowest BCUT2D eigenvalue weighted by Crippen LogP contribution is -2.01. The van der Waals surface area contributed by atoms with Gasteiger partial charge < -0.3 is 0 Å². The van der Waals surface area contributed by atoms with Gasteiger partial charge in [-0.3, -0.25) is 0 Å². The van der Waals surface area contributed by atoms with E-state index in [4.69, 9.17) is 9.97 Å². The van der Waals surface area contributed by atoms with Crippen LogP contribution in [-0.4, -0.2) is 9.97 Å². The summed E-state index contributed by atoms with van der Waals surface area (Å²) in [5, 5.41) is 0. The van der Waals surface area contributed by atoms with Gasteiger partial charge >= 0.3 is 0 Å². The number of nitrogens with zero attached hydrogens (tertiary/aromatic N) is 2. The SMILES string of the molecule is Cc1ccccc1-c1nc(-c2cc(-c3ccccc3)cc(-c3cccc(-c4ccccc4)c3)c2)nc(-c2ccccc2)c1C. The van der Waals surface area contributed by atoms with Crippen LogP contribution in [0.15, 0.2) is 158 Å². The van der Waals surface area contributed by atoms with Crippen LogP contribution in [-0.2, 0) is 0 Å². The van der Waals surface area contributed by atoms with E-state index < -0.39 is 0 Å². The minimum absolute atomic E-state index is 0.714. The fourth-order valence-corrected chi connectivity index (χ4v) is 5.85. The van der Waals surface area contributed by atoms with Gasteiger partial charge in [-0.05, 0) is 77.1 Å². The predicted octanol–water partition coefficient (Wildman–Crippen LogP) is 11.1. The highest BCUT2D eigenvalue weighted by Crippen LogP contribution is 2.37. The zero-order valence-corrected chi connectivity index (χ0v) is 24.9. The first-order chi connectivity index (χ1) is 21.6. The van der Waals surface area contributed by atoms with Crippen molar-refractivity contribution in [3.63, 3.8) is 0 Å². The number of benzene rings is 6. The first kappa shape index (κ1) is 27.2. The van der Waals surface area contributed by atoms with Crippen LogP contribution in [0, 0.1) is 13.8 Å². The van der Waals surface area contributed by atoms with Crippen molar-refractivity contribution in [3.8, 4) is 67.3 Å². The van der Waals surface area contributed by atoms with E-state index in [9.17, 15) is 0 Å². The van der Waals surface area contributed by atoms with Gasteiger partial charge in [-0.15, -0.1) is 0 Å². The first-order valence-electron chi connectivity index (χ1n) is 15.0. The molecule has 0 saturated heterocycles. The van der Waals surface area contributed by atoms with Gasteiger partial charge in [-0.25, -0.2) is 9.97 Å². The average Bonchev–Trinajstić information content (AvgIpc) is 3.10. The molecule has 2 nitrogen and oxygen atoms in total. The molecule has 0 spiro atoms. The van der Waals surface area contributed by atoms with Crippen LogP contribution in [0.25, 0.3) is 67.3 Å². The Morgan fingerprint density at radius 1 is 0.341 bits per heavy atom. The zero-order chi connectivity index (χ0) is 29.9. The molecule has 0 unspecified atom stereocenters. The van der Waals surface area contributed by atoms with E-state index in [-0.39, 0.29) is 0 Å². The van der Waals surface area contributed by atoms with Crippen LogP contribution in [0.2, 0.25) is 0 Å². The molecule has 7 aromatic rings. The molecule has 0 N–H and O–H groups in total. The van der Waals surface area contributed by atoms with Gasteiger partial charge in [0.05, 0.1) is 11.4 Å². The largest absolute Gasteiger partial charge is 0.228 e. The second kappa shape index (κ2) is 11.9. The minimum atomic E-state index is 0.714. The molecule has 210 valence electrons. The summed E-state index contributed by atoms with van der Waals surface area (Å²) in [4.78, 5) is 10.5. The van der Waals surface area contributed by atoms with Gasteiger partial charge in [-0.2, -0.15) is 0 Å². The van der Waals surface area contributed by atoms with Crippen molar-refractivity contribution in [1.82, 2.24) is 9.97 Å². The summed E-state index contributed by atoms with van der Waals surface area (Å²) in [7, 11) is 0. The molecule has 0 aliphatic carbocycles. The molecule has 44 heavy (non-hydrogen) atoms. The Morgan fingerprint density at radius 2 is 0.773 bits per heavy atom. The predicted molar refractivity (Wildman–Crippen MR) is 184 cm³/mol. The summed E-state index contributed by atoms with van der Waals surface area (Å²) < 4.78 is 0. The molecule has 0 radical (unpaired) electrons. The van der Waals surface area contributed by atoms with Crippen molar-refractivity contribution in [2.24, 2.45) is 0 Å². The Balaban J connectivity index is 1.46. The van der Waals surface area contributed by atoms with Crippen molar-refractivity contribution in [2.45, 2.75) is 13.8 Å². The van der Waals surface area contributed by atoms with Crippen LogP contribution in [0.3, 0.4) is 0 Å². The highest BCUT2D eigenvalue weighted by Gasteiger charge is 2.18. The fraction of sp³-hybridized carbons (Fsp3) is 0.0476. The zero-order valence-electron chi connectivity index (χ0n) is 24.9. The Hall–Kier alpha value is -5.60. The smallest absolute Gasteiger partial charge is 0.160 e. The quantitative estimate of drug-likeness (QED) is 0.201. The molecule has 0 aliphatic heterocycles. The second-order valence-corrected chi connectivity index (χ2v) is 11.2. The van der Waals surface area contributed by atoms with Crippen molar-refractivity contribution in [2.75, 3.05) is 0 Å². The molecule has 0 aliphatic rings. The highest BCUT2D eigenvalue weighted by atomic mass is 14.9. The topological polar surface area (TPSA) is 25.8 Å². The molecule has 0 saturated carbocycles. The van der Waals surface area contributed by atoms with Crippen molar-refractivity contribution in [1.29, 1.82) is 0 Å². The van der Waals surface area contributed by atoms with Gasteiger partial charge in [0.15, 0.2) is 5.82 Å². The van der Waals surface area contributed by atoms with E-state index in [1.54, 1.807) is 0 Å². The average molecular weight is 565 g/mol. The van der Waals surface area contributed by atoms with E-state index in [1.165, 1.54) is 16.7 Å². The van der Waals surface area contributed by atoms with E-state index in [1.807, 2.05) is 6.07 Å². The molecule has 1 aromatic heterocycles. The molecule has 7 rings (SSSR count). The number of aryl methyl sites for hydroxylation is 1. The van der Waals surface area contributed by atoms with E-state index in [2.05, 4.69) is 166 Å². The summed E-state index contributed by atoms with van der Waals surface area (Å²) in [6.07, 6.45) is 0. The summed E-state index contributed by atoms with van der Waals surface area (Å²) in [5.41, 5.74) is 14.3. The standard InChI is InChI=1S/C42H32N2/c1-29-15-12-13-24-39(29)41-30(2)40(33-20-10-5-11-21-33)43-42(44-41)38-27-36(32-18-8-4-9-19-32)26-37(28-38)35-23-14-22-34(25-35)31-16-6-3-7-17-31/h3-28H,1-2H3. The van der Waals surface area contributed by atoms with Crippen LogP contribution in [0.1, 0.15) is 11.1 Å². The lowest BCUT2D eigenvalue weighted by Gasteiger charge is -2.16. The minimum Gasteiger partial charge on any atom is -0.228 e. The maximum Gasteiger partial charge on any atom is 0.160 e. The lowest BCUT2D eigenvalue weighted by atomic mass is 9.93. The summed E-state index contributed by atoms with van der Waals surface area (Å²) >= 11 is 0. The first-order valence-corrected chi connectivity index (χ1v) is 15.0. The van der Waals surface area contributed by atoms with Crippen LogP contribution in [0.4, 0.5) is 0 Å². The molecule has 0 bridgehead atoms. The maximum absolute atomic E-state index is 5.28. The monoisotopic (exact) mass is 564 g/mol. The van der Waals surface area contributed by atoms with Gasteiger partial charge in [0.1, 0.15) is 0 Å². The van der Waals surface area contributed by atoms with Gasteiger partial charge in [0, 0.05) is 22.3 Å². The molecule has 0 atom stereocenters. The van der Waals surface area contributed by atoms with Crippen molar-refractivity contribution < 1.29 is 0 Å². The van der Waals surface area contributed by atoms with E-state index in [0.29, 0.717) is 5.82 Å². The molecule has 6 aromatic carbocycles. The lowest BCUT2D eigenvalue weighted by molar-refractivity contribution is 1.14. The molecular weight excluding hydrogens is 532 g/mol. The summed E-state index contributed by atoms with van der Waals surface area (Å²) in [6.45, 7) is 4.28. The van der Waals surface area contributed by atoms with Gasteiger partial charge in [0.2, 0.25) is 0 Å². The highest BCUT2D eigenvalue weighted by molar-refractivity contribution is 5.83. The van der Waals surface area contributed by atoms with Gasteiger partial charge in [0.25, 0.3) is 0 Å². The Morgan fingerprint density at radius 3 is 1.41 bits per heavy atom. The van der Waals surface area contributed by atoms with E-state index >= 15 is 0 Å².